The van der Waals surface area contributed by atoms with Crippen molar-refractivity contribution in [2.24, 2.45) is 5.92 Å². The molecule has 27 heavy (non-hydrogen) atoms. The lowest BCUT2D eigenvalue weighted by molar-refractivity contribution is -0.144. The summed E-state index contributed by atoms with van der Waals surface area (Å²) < 4.78 is 5.17. The summed E-state index contributed by atoms with van der Waals surface area (Å²) in [6.45, 7) is 6.72. The van der Waals surface area contributed by atoms with Gasteiger partial charge in [0.1, 0.15) is 0 Å². The molecule has 2 atom stereocenters. The SMILES string of the molecule is COC(=O)[C@]1(c2ccc(C)cc2)C[C@@H]1CN1CCN(c2ncccn2)CC1. The highest BCUT2D eigenvalue weighted by atomic mass is 16.5. The van der Waals surface area contributed by atoms with Crippen LogP contribution in [-0.4, -0.2) is 60.7 Å². The minimum absolute atomic E-state index is 0.104. The minimum Gasteiger partial charge on any atom is -0.468 e. The van der Waals surface area contributed by atoms with E-state index in [-0.39, 0.29) is 5.97 Å². The Morgan fingerprint density at radius 3 is 2.44 bits per heavy atom. The van der Waals surface area contributed by atoms with Gasteiger partial charge in [0.05, 0.1) is 12.5 Å². The third-order valence-corrected chi connectivity index (χ3v) is 5.91. The van der Waals surface area contributed by atoms with Gasteiger partial charge in [-0.3, -0.25) is 9.69 Å². The molecule has 0 N–H and O–H groups in total. The van der Waals surface area contributed by atoms with E-state index in [1.165, 1.54) is 12.7 Å². The Bertz CT molecular complexity index is 788. The lowest BCUT2D eigenvalue weighted by Gasteiger charge is -2.35. The maximum atomic E-state index is 12.6. The van der Waals surface area contributed by atoms with Crippen LogP contribution in [-0.2, 0) is 14.9 Å². The molecule has 6 heteroatoms. The Morgan fingerprint density at radius 1 is 1.15 bits per heavy atom. The Hall–Kier alpha value is -2.47. The molecule has 0 bridgehead atoms. The highest BCUT2D eigenvalue weighted by Crippen LogP contribution is 2.55. The second-order valence-corrected chi connectivity index (χ2v) is 7.57. The second kappa shape index (κ2) is 7.27. The molecular formula is C21H26N4O2. The number of ether oxygens (including phenoxy) is 1. The number of aryl methyl sites for hydroxylation is 1. The Kier molecular flexibility index (Phi) is 4.83. The number of esters is 1. The van der Waals surface area contributed by atoms with Gasteiger partial charge in [0.15, 0.2) is 0 Å². The Morgan fingerprint density at radius 2 is 1.81 bits per heavy atom. The van der Waals surface area contributed by atoms with Gasteiger partial charge in [-0.25, -0.2) is 9.97 Å². The first kappa shape index (κ1) is 17.9. The van der Waals surface area contributed by atoms with E-state index in [2.05, 4.69) is 51.0 Å². The summed E-state index contributed by atoms with van der Waals surface area (Å²) in [4.78, 5) is 26.0. The molecule has 2 heterocycles. The summed E-state index contributed by atoms with van der Waals surface area (Å²) in [5, 5.41) is 0. The van der Waals surface area contributed by atoms with Crippen molar-refractivity contribution >= 4 is 11.9 Å². The first-order valence-corrected chi connectivity index (χ1v) is 9.53. The largest absolute Gasteiger partial charge is 0.468 e. The molecule has 1 aliphatic heterocycles. The summed E-state index contributed by atoms with van der Waals surface area (Å²) >= 11 is 0. The number of methoxy groups -OCH3 is 1. The van der Waals surface area contributed by atoms with Crippen LogP contribution in [0.5, 0.6) is 0 Å². The number of nitrogens with zero attached hydrogens (tertiary/aromatic N) is 4. The molecule has 4 rings (SSSR count). The van der Waals surface area contributed by atoms with Gasteiger partial charge in [-0.05, 0) is 30.9 Å². The zero-order valence-corrected chi connectivity index (χ0v) is 16.0. The summed E-state index contributed by atoms with van der Waals surface area (Å²) in [6.07, 6.45) is 4.43. The van der Waals surface area contributed by atoms with E-state index in [9.17, 15) is 4.79 Å². The monoisotopic (exact) mass is 366 g/mol. The number of carbonyl (C=O) groups is 1. The molecule has 1 aromatic heterocycles. The molecule has 1 saturated carbocycles. The molecular weight excluding hydrogens is 340 g/mol. The van der Waals surface area contributed by atoms with Gasteiger partial charge in [0.2, 0.25) is 5.95 Å². The van der Waals surface area contributed by atoms with E-state index in [1.54, 1.807) is 12.4 Å². The summed E-state index contributed by atoms with van der Waals surface area (Å²) in [5.74, 6) is 1.01. The highest BCUT2D eigenvalue weighted by Gasteiger charge is 2.62. The molecule has 0 amide bonds. The van der Waals surface area contributed by atoms with E-state index in [0.29, 0.717) is 5.92 Å². The number of benzene rings is 1. The Balaban J connectivity index is 1.40. The molecule has 0 spiro atoms. The fraction of sp³-hybridized carbons (Fsp3) is 0.476. The number of anilines is 1. The fourth-order valence-corrected chi connectivity index (χ4v) is 4.20. The smallest absolute Gasteiger partial charge is 0.316 e. The van der Waals surface area contributed by atoms with Crippen molar-refractivity contribution in [1.29, 1.82) is 0 Å². The van der Waals surface area contributed by atoms with Gasteiger partial charge in [-0.15, -0.1) is 0 Å². The lowest BCUT2D eigenvalue weighted by atomic mass is 9.92. The predicted molar refractivity (Wildman–Crippen MR) is 104 cm³/mol. The zero-order chi connectivity index (χ0) is 18.9. The van der Waals surface area contributed by atoms with Crippen LogP contribution >= 0.6 is 0 Å². The number of aromatic nitrogens is 2. The van der Waals surface area contributed by atoms with Crippen LogP contribution in [0.1, 0.15) is 17.5 Å². The predicted octanol–water partition coefficient (Wildman–Crippen LogP) is 2.04. The lowest BCUT2D eigenvalue weighted by Crippen LogP contribution is -2.48. The maximum Gasteiger partial charge on any atom is 0.316 e. The summed E-state index contributed by atoms with van der Waals surface area (Å²) in [5.41, 5.74) is 1.82. The summed E-state index contributed by atoms with van der Waals surface area (Å²) in [6, 6.07) is 10.2. The minimum atomic E-state index is -0.470. The number of carbonyl (C=O) groups excluding carboxylic acids is 1. The molecule has 0 radical (unpaired) electrons. The fourth-order valence-electron chi connectivity index (χ4n) is 4.20. The molecule has 142 valence electrons. The highest BCUT2D eigenvalue weighted by molar-refractivity contribution is 5.87. The maximum absolute atomic E-state index is 12.6. The molecule has 2 fully saturated rings. The topological polar surface area (TPSA) is 58.6 Å². The molecule has 2 aromatic rings. The number of rotatable bonds is 5. The Labute approximate surface area is 160 Å². The normalized spacial score (nSPS) is 25.3. The number of hydrogen-bond acceptors (Lipinski definition) is 6. The van der Waals surface area contributed by atoms with Crippen molar-refractivity contribution < 1.29 is 9.53 Å². The quantitative estimate of drug-likeness (QED) is 0.755. The van der Waals surface area contributed by atoms with Crippen molar-refractivity contribution in [1.82, 2.24) is 14.9 Å². The molecule has 0 unspecified atom stereocenters. The third-order valence-electron chi connectivity index (χ3n) is 5.91. The van der Waals surface area contributed by atoms with E-state index in [1.807, 2.05) is 6.07 Å². The standard InChI is InChI=1S/C21H26N4O2/c1-16-4-6-17(7-5-16)21(19(26)27-2)14-18(21)15-24-10-12-25(13-11-24)20-22-8-3-9-23-20/h3-9,18H,10-15H2,1-2H3/t18-,21+/m1/s1. The van der Waals surface area contributed by atoms with Crippen molar-refractivity contribution in [3.05, 3.63) is 53.9 Å². The van der Waals surface area contributed by atoms with Gasteiger partial charge in [0.25, 0.3) is 0 Å². The van der Waals surface area contributed by atoms with Crippen molar-refractivity contribution in [2.75, 3.05) is 44.7 Å². The van der Waals surface area contributed by atoms with E-state index in [0.717, 1.165) is 50.7 Å². The first-order chi connectivity index (χ1) is 13.1. The van der Waals surface area contributed by atoms with Crippen LogP contribution in [0, 0.1) is 12.8 Å². The molecule has 2 aliphatic rings. The van der Waals surface area contributed by atoms with Crippen molar-refractivity contribution in [3.8, 4) is 0 Å². The molecule has 1 aromatic carbocycles. The molecule has 1 saturated heterocycles. The van der Waals surface area contributed by atoms with E-state index in [4.69, 9.17) is 4.74 Å². The molecule has 6 nitrogen and oxygen atoms in total. The average molecular weight is 366 g/mol. The summed E-state index contributed by atoms with van der Waals surface area (Å²) in [7, 11) is 1.49. The van der Waals surface area contributed by atoms with Crippen LogP contribution < -0.4 is 4.90 Å². The van der Waals surface area contributed by atoms with Gasteiger partial charge < -0.3 is 9.64 Å². The van der Waals surface area contributed by atoms with E-state index >= 15 is 0 Å². The number of hydrogen-bond donors (Lipinski definition) is 0. The number of piperazine rings is 1. The first-order valence-electron chi connectivity index (χ1n) is 9.53. The van der Waals surface area contributed by atoms with Crippen LogP contribution in [0.4, 0.5) is 5.95 Å². The average Bonchev–Trinajstić information content (AvgIpc) is 3.44. The van der Waals surface area contributed by atoms with Gasteiger partial charge in [-0.2, -0.15) is 0 Å². The zero-order valence-electron chi connectivity index (χ0n) is 16.0. The van der Waals surface area contributed by atoms with Crippen molar-refractivity contribution in [2.45, 2.75) is 18.8 Å². The van der Waals surface area contributed by atoms with Crippen LogP contribution in [0.15, 0.2) is 42.7 Å². The van der Waals surface area contributed by atoms with Gasteiger partial charge in [0, 0.05) is 45.1 Å². The van der Waals surface area contributed by atoms with Crippen LogP contribution in [0.25, 0.3) is 0 Å². The third kappa shape index (κ3) is 3.41. The van der Waals surface area contributed by atoms with Gasteiger partial charge in [-0.1, -0.05) is 29.8 Å². The van der Waals surface area contributed by atoms with Crippen LogP contribution in [0.3, 0.4) is 0 Å². The van der Waals surface area contributed by atoms with Gasteiger partial charge >= 0.3 is 5.97 Å². The van der Waals surface area contributed by atoms with E-state index < -0.39 is 5.41 Å². The van der Waals surface area contributed by atoms with Crippen molar-refractivity contribution in [3.63, 3.8) is 0 Å². The second-order valence-electron chi connectivity index (χ2n) is 7.57. The van der Waals surface area contributed by atoms with Crippen LogP contribution in [0.2, 0.25) is 0 Å². The molecule has 1 aliphatic carbocycles.